The third-order valence-corrected chi connectivity index (χ3v) is 5.94. The Morgan fingerprint density at radius 3 is 2.34 bits per heavy atom. The summed E-state index contributed by atoms with van der Waals surface area (Å²) in [4.78, 5) is 10.1. The number of ether oxygens (including phenoxy) is 1. The largest absolute Gasteiger partial charge is 0.378 e. The lowest BCUT2D eigenvalue weighted by Gasteiger charge is -2.34. The average Bonchev–Trinajstić information content (AvgIpc) is 3.24. The summed E-state index contributed by atoms with van der Waals surface area (Å²) in [5.74, 6) is 1.06. The summed E-state index contributed by atoms with van der Waals surface area (Å²) in [5.41, 5.74) is 2.71. The van der Waals surface area contributed by atoms with Gasteiger partial charge in [-0.05, 0) is 65.1 Å². The first-order chi connectivity index (χ1) is 13.7. The molecule has 2 saturated heterocycles. The quantitative estimate of drug-likeness (QED) is 0.336. The maximum Gasteiger partial charge on any atom is 0.193 e. The SMILES string of the molecule is CCNC(=NCC(c1ccc(C)cc1)N1CCCC1)N1CCC(OCC)CC1.I. The number of rotatable bonds is 7. The Labute approximate surface area is 194 Å². The molecule has 0 spiro atoms. The molecule has 3 rings (SSSR count). The molecule has 2 heterocycles. The minimum atomic E-state index is 0. The normalized spacial score (nSPS) is 19.8. The number of aryl methyl sites for hydroxylation is 1. The molecule has 6 heteroatoms. The van der Waals surface area contributed by atoms with Crippen molar-refractivity contribution in [1.29, 1.82) is 0 Å². The highest BCUT2D eigenvalue weighted by atomic mass is 127. The molecule has 1 unspecified atom stereocenters. The van der Waals surface area contributed by atoms with Crippen molar-refractivity contribution in [3.05, 3.63) is 35.4 Å². The molecule has 2 aliphatic rings. The van der Waals surface area contributed by atoms with Crippen LogP contribution in [0.4, 0.5) is 0 Å². The molecule has 0 bridgehead atoms. The van der Waals surface area contributed by atoms with Gasteiger partial charge in [-0.15, -0.1) is 24.0 Å². The molecule has 0 amide bonds. The molecular formula is C23H39IN4O. The van der Waals surface area contributed by atoms with Gasteiger partial charge in [0, 0.05) is 26.2 Å². The van der Waals surface area contributed by atoms with Crippen molar-refractivity contribution < 1.29 is 4.74 Å². The van der Waals surface area contributed by atoms with E-state index in [1.54, 1.807) is 0 Å². The van der Waals surface area contributed by atoms with Gasteiger partial charge in [0.1, 0.15) is 0 Å². The van der Waals surface area contributed by atoms with E-state index in [0.29, 0.717) is 12.1 Å². The molecule has 0 radical (unpaired) electrons. The number of guanidine groups is 1. The summed E-state index contributed by atoms with van der Waals surface area (Å²) in [5, 5.41) is 3.52. The molecule has 2 aliphatic heterocycles. The Morgan fingerprint density at radius 1 is 1.10 bits per heavy atom. The van der Waals surface area contributed by atoms with E-state index in [4.69, 9.17) is 9.73 Å². The van der Waals surface area contributed by atoms with E-state index in [0.717, 1.165) is 51.6 Å². The van der Waals surface area contributed by atoms with Crippen LogP contribution >= 0.6 is 24.0 Å². The van der Waals surface area contributed by atoms with Crippen molar-refractivity contribution in [3.8, 4) is 0 Å². The van der Waals surface area contributed by atoms with E-state index in [2.05, 4.69) is 60.2 Å². The lowest BCUT2D eigenvalue weighted by atomic mass is 10.0. The van der Waals surface area contributed by atoms with Crippen molar-refractivity contribution in [2.45, 2.75) is 58.6 Å². The van der Waals surface area contributed by atoms with Crippen LogP contribution in [0.25, 0.3) is 0 Å². The van der Waals surface area contributed by atoms with E-state index >= 15 is 0 Å². The van der Waals surface area contributed by atoms with Crippen LogP contribution in [0.3, 0.4) is 0 Å². The predicted octanol–water partition coefficient (Wildman–Crippen LogP) is 4.22. The molecule has 1 aromatic carbocycles. The van der Waals surface area contributed by atoms with Gasteiger partial charge < -0.3 is 15.0 Å². The highest BCUT2D eigenvalue weighted by Gasteiger charge is 2.25. The van der Waals surface area contributed by atoms with Crippen molar-refractivity contribution in [3.63, 3.8) is 0 Å². The maximum absolute atomic E-state index is 5.81. The van der Waals surface area contributed by atoms with Crippen molar-refractivity contribution in [2.24, 2.45) is 4.99 Å². The Bertz CT molecular complexity index is 608. The van der Waals surface area contributed by atoms with Crippen molar-refractivity contribution >= 4 is 29.9 Å². The Hall–Kier alpha value is -0.860. The first-order valence-electron chi connectivity index (χ1n) is 11.2. The Kier molecular flexibility index (Phi) is 10.7. The monoisotopic (exact) mass is 514 g/mol. The molecule has 29 heavy (non-hydrogen) atoms. The number of piperidine rings is 1. The van der Waals surface area contributed by atoms with Gasteiger partial charge in [-0.2, -0.15) is 0 Å². The molecule has 5 nitrogen and oxygen atoms in total. The molecule has 164 valence electrons. The fraction of sp³-hybridized carbons (Fsp3) is 0.696. The summed E-state index contributed by atoms with van der Waals surface area (Å²) in [6, 6.07) is 9.40. The van der Waals surface area contributed by atoms with Crippen LogP contribution in [0.5, 0.6) is 0 Å². The first-order valence-corrected chi connectivity index (χ1v) is 11.2. The van der Waals surface area contributed by atoms with Gasteiger partial charge in [0.05, 0.1) is 18.7 Å². The van der Waals surface area contributed by atoms with Gasteiger partial charge in [-0.1, -0.05) is 29.8 Å². The fourth-order valence-corrected chi connectivity index (χ4v) is 4.34. The smallest absolute Gasteiger partial charge is 0.193 e. The zero-order valence-corrected chi connectivity index (χ0v) is 20.7. The number of hydrogen-bond acceptors (Lipinski definition) is 3. The average molecular weight is 514 g/mol. The van der Waals surface area contributed by atoms with E-state index in [1.807, 2.05) is 0 Å². The second kappa shape index (κ2) is 12.7. The standard InChI is InChI=1S/C23H38N4O.HI/c1-4-24-23(27-16-12-21(13-17-27)28-5-2)25-18-22(26-14-6-7-15-26)20-10-8-19(3)9-11-20;/h8-11,21-22H,4-7,12-18H2,1-3H3,(H,24,25);1H. The number of hydrogen-bond donors (Lipinski definition) is 1. The number of nitrogens with one attached hydrogen (secondary N) is 1. The maximum atomic E-state index is 5.81. The fourth-order valence-electron chi connectivity index (χ4n) is 4.34. The van der Waals surface area contributed by atoms with Gasteiger partial charge in [0.2, 0.25) is 0 Å². The third kappa shape index (κ3) is 7.10. The van der Waals surface area contributed by atoms with Crippen LogP contribution in [0.1, 0.15) is 56.7 Å². The van der Waals surface area contributed by atoms with Crippen molar-refractivity contribution in [2.75, 3.05) is 45.9 Å². The number of likely N-dealkylation sites (tertiary alicyclic amines) is 2. The van der Waals surface area contributed by atoms with Crippen LogP contribution in [0, 0.1) is 6.92 Å². The van der Waals surface area contributed by atoms with E-state index in [1.165, 1.54) is 37.1 Å². The van der Waals surface area contributed by atoms with E-state index in [9.17, 15) is 0 Å². The zero-order valence-electron chi connectivity index (χ0n) is 18.4. The minimum absolute atomic E-state index is 0. The third-order valence-electron chi connectivity index (χ3n) is 5.94. The number of nitrogens with zero attached hydrogens (tertiary/aromatic N) is 3. The van der Waals surface area contributed by atoms with Crippen LogP contribution in [-0.4, -0.2) is 67.7 Å². The van der Waals surface area contributed by atoms with E-state index in [-0.39, 0.29) is 24.0 Å². The van der Waals surface area contributed by atoms with Crippen LogP contribution < -0.4 is 5.32 Å². The van der Waals surface area contributed by atoms with Gasteiger partial charge in [0.15, 0.2) is 5.96 Å². The molecule has 1 N–H and O–H groups in total. The zero-order chi connectivity index (χ0) is 19.8. The molecule has 1 atom stereocenters. The van der Waals surface area contributed by atoms with Gasteiger partial charge in [-0.3, -0.25) is 9.89 Å². The number of aliphatic imine (C=N–C) groups is 1. The Morgan fingerprint density at radius 2 is 1.76 bits per heavy atom. The second-order valence-electron chi connectivity index (χ2n) is 8.01. The molecular weight excluding hydrogens is 475 g/mol. The van der Waals surface area contributed by atoms with E-state index < -0.39 is 0 Å². The molecule has 2 fully saturated rings. The summed E-state index contributed by atoms with van der Waals surface area (Å²) in [7, 11) is 0. The topological polar surface area (TPSA) is 40.1 Å². The predicted molar refractivity (Wildman–Crippen MR) is 132 cm³/mol. The van der Waals surface area contributed by atoms with Crippen LogP contribution in [0.2, 0.25) is 0 Å². The van der Waals surface area contributed by atoms with Gasteiger partial charge in [0.25, 0.3) is 0 Å². The van der Waals surface area contributed by atoms with Crippen LogP contribution in [0.15, 0.2) is 29.3 Å². The first kappa shape index (κ1) is 24.4. The Balaban J connectivity index is 0.00000300. The lowest BCUT2D eigenvalue weighted by molar-refractivity contribution is 0.0263. The highest BCUT2D eigenvalue weighted by Crippen LogP contribution is 2.26. The highest BCUT2D eigenvalue weighted by molar-refractivity contribution is 14.0. The number of halogens is 1. The number of benzene rings is 1. The summed E-state index contributed by atoms with van der Waals surface area (Å²) < 4.78 is 5.81. The van der Waals surface area contributed by atoms with Gasteiger partial charge in [-0.25, -0.2) is 0 Å². The molecule has 0 aromatic heterocycles. The second-order valence-corrected chi connectivity index (χ2v) is 8.01. The molecule has 0 saturated carbocycles. The summed E-state index contributed by atoms with van der Waals surface area (Å²) >= 11 is 0. The molecule has 0 aliphatic carbocycles. The van der Waals surface area contributed by atoms with Crippen LogP contribution in [-0.2, 0) is 4.74 Å². The summed E-state index contributed by atoms with van der Waals surface area (Å²) in [6.07, 6.45) is 5.19. The summed E-state index contributed by atoms with van der Waals surface area (Å²) in [6.45, 7) is 13.3. The van der Waals surface area contributed by atoms with Crippen molar-refractivity contribution in [1.82, 2.24) is 15.1 Å². The minimum Gasteiger partial charge on any atom is -0.378 e. The van der Waals surface area contributed by atoms with Gasteiger partial charge >= 0.3 is 0 Å². The lowest BCUT2D eigenvalue weighted by Crippen LogP contribution is -2.47. The molecule has 1 aromatic rings.